The van der Waals surface area contributed by atoms with E-state index in [9.17, 15) is 4.79 Å². The molecule has 2 aromatic heterocycles. The Morgan fingerprint density at radius 3 is 2.67 bits per heavy atom. The van der Waals surface area contributed by atoms with E-state index in [1.807, 2.05) is 54.1 Å². The molecule has 5 rings (SSSR count). The maximum atomic E-state index is 13.4. The second-order valence-corrected chi connectivity index (χ2v) is 9.13. The van der Waals surface area contributed by atoms with E-state index in [1.165, 1.54) is 19.3 Å². The standard InChI is InChI=1S/C26H30N6O/c1-18-10-9-13-20-16-22(26(33)27-23(18)20)24(31(2)21-14-7-4-8-15-21)25-28-29-30-32(25)17-19-11-5-3-6-12-19/h3,5-6,9-13,16,21,24H,4,7-8,14-15,17H2,1-2H3,(H,27,33)/t24-/m0/s1. The van der Waals surface area contributed by atoms with Crippen LogP contribution < -0.4 is 5.56 Å². The normalized spacial score (nSPS) is 15.8. The van der Waals surface area contributed by atoms with Gasteiger partial charge >= 0.3 is 0 Å². The predicted molar refractivity (Wildman–Crippen MR) is 129 cm³/mol. The zero-order chi connectivity index (χ0) is 22.8. The van der Waals surface area contributed by atoms with Crippen LogP contribution in [0.25, 0.3) is 10.9 Å². The second kappa shape index (κ2) is 9.27. The molecule has 0 amide bonds. The number of aromatic amines is 1. The topological polar surface area (TPSA) is 79.7 Å². The molecule has 7 heteroatoms. The van der Waals surface area contributed by atoms with Gasteiger partial charge in [0, 0.05) is 11.6 Å². The molecule has 0 unspecified atom stereocenters. The maximum Gasteiger partial charge on any atom is 0.253 e. The average Bonchev–Trinajstić information content (AvgIpc) is 3.29. The Bertz CT molecular complexity index is 1290. The third kappa shape index (κ3) is 4.33. The lowest BCUT2D eigenvalue weighted by molar-refractivity contribution is 0.149. The van der Waals surface area contributed by atoms with Gasteiger partial charge in [-0.15, -0.1) is 5.10 Å². The summed E-state index contributed by atoms with van der Waals surface area (Å²) in [6.45, 7) is 2.58. The van der Waals surface area contributed by atoms with Crippen LogP contribution in [0.5, 0.6) is 0 Å². The molecule has 0 bridgehead atoms. The van der Waals surface area contributed by atoms with Gasteiger partial charge in [-0.2, -0.15) is 0 Å². The van der Waals surface area contributed by atoms with Crippen molar-refractivity contribution in [3.8, 4) is 0 Å². The molecule has 2 heterocycles. The second-order valence-electron chi connectivity index (χ2n) is 9.13. The lowest BCUT2D eigenvalue weighted by atomic mass is 9.92. The van der Waals surface area contributed by atoms with Gasteiger partial charge in [0.2, 0.25) is 0 Å². The van der Waals surface area contributed by atoms with Gasteiger partial charge < -0.3 is 4.98 Å². The lowest BCUT2D eigenvalue weighted by Gasteiger charge is -2.36. The summed E-state index contributed by atoms with van der Waals surface area (Å²) in [6.07, 6.45) is 5.94. The number of nitrogens with one attached hydrogen (secondary N) is 1. The van der Waals surface area contributed by atoms with Crippen LogP contribution in [-0.4, -0.2) is 43.2 Å². The van der Waals surface area contributed by atoms with Crippen LogP contribution in [0, 0.1) is 6.92 Å². The van der Waals surface area contributed by atoms with Crippen molar-refractivity contribution < 1.29 is 0 Å². The molecule has 170 valence electrons. The Hall–Kier alpha value is -3.32. The van der Waals surface area contributed by atoms with Crippen molar-refractivity contribution in [2.45, 2.75) is 57.7 Å². The fourth-order valence-corrected chi connectivity index (χ4v) is 5.12. The van der Waals surface area contributed by atoms with Crippen LogP contribution in [0.2, 0.25) is 0 Å². The molecule has 1 fully saturated rings. The first kappa shape index (κ1) is 21.5. The molecule has 1 saturated carbocycles. The number of hydrogen-bond acceptors (Lipinski definition) is 5. The number of H-pyrrole nitrogens is 1. The molecule has 1 atom stereocenters. The Labute approximate surface area is 193 Å². The highest BCUT2D eigenvalue weighted by Gasteiger charge is 2.33. The quantitative estimate of drug-likeness (QED) is 0.484. The zero-order valence-electron chi connectivity index (χ0n) is 19.2. The summed E-state index contributed by atoms with van der Waals surface area (Å²) in [5.41, 5.74) is 3.66. The fourth-order valence-electron chi connectivity index (χ4n) is 5.12. The summed E-state index contributed by atoms with van der Waals surface area (Å²) >= 11 is 0. The Balaban J connectivity index is 1.62. The van der Waals surface area contributed by atoms with E-state index in [2.05, 4.69) is 44.6 Å². The molecule has 0 spiro atoms. The molecule has 33 heavy (non-hydrogen) atoms. The molecule has 4 aromatic rings. The van der Waals surface area contributed by atoms with E-state index >= 15 is 0 Å². The highest BCUT2D eigenvalue weighted by atomic mass is 16.1. The van der Waals surface area contributed by atoms with E-state index < -0.39 is 0 Å². The van der Waals surface area contributed by atoms with Crippen molar-refractivity contribution in [1.82, 2.24) is 30.1 Å². The molecule has 7 nitrogen and oxygen atoms in total. The van der Waals surface area contributed by atoms with Crippen molar-refractivity contribution in [2.24, 2.45) is 0 Å². The van der Waals surface area contributed by atoms with Gasteiger partial charge in [0.1, 0.15) is 6.04 Å². The highest BCUT2D eigenvalue weighted by molar-refractivity contribution is 5.82. The molecule has 1 N–H and O–H groups in total. The van der Waals surface area contributed by atoms with Gasteiger partial charge in [-0.3, -0.25) is 9.69 Å². The minimum absolute atomic E-state index is 0.0845. The number of pyridine rings is 1. The summed E-state index contributed by atoms with van der Waals surface area (Å²) in [5, 5.41) is 13.8. The molecule has 0 saturated heterocycles. The minimum atomic E-state index is -0.333. The van der Waals surface area contributed by atoms with Gasteiger partial charge in [-0.25, -0.2) is 4.68 Å². The first-order valence-electron chi connectivity index (χ1n) is 11.8. The number of rotatable bonds is 6. The third-order valence-corrected chi connectivity index (χ3v) is 6.95. The highest BCUT2D eigenvalue weighted by Crippen LogP contribution is 2.32. The van der Waals surface area contributed by atoms with Crippen LogP contribution >= 0.6 is 0 Å². The van der Waals surface area contributed by atoms with Crippen LogP contribution in [0.3, 0.4) is 0 Å². The van der Waals surface area contributed by atoms with Gasteiger partial charge in [0.15, 0.2) is 5.82 Å². The number of benzene rings is 2. The first-order valence-corrected chi connectivity index (χ1v) is 11.8. The number of aryl methyl sites for hydroxylation is 1. The number of tetrazole rings is 1. The van der Waals surface area contributed by atoms with E-state index in [-0.39, 0.29) is 11.6 Å². The maximum absolute atomic E-state index is 13.4. The summed E-state index contributed by atoms with van der Waals surface area (Å²) in [6, 6.07) is 18.3. The van der Waals surface area contributed by atoms with Crippen LogP contribution in [0.1, 0.15) is 60.7 Å². The largest absolute Gasteiger partial charge is 0.321 e. The van der Waals surface area contributed by atoms with Crippen LogP contribution in [0.4, 0.5) is 0 Å². The van der Waals surface area contributed by atoms with Gasteiger partial charge in [-0.05, 0) is 59.8 Å². The molecule has 2 aromatic carbocycles. The van der Waals surface area contributed by atoms with E-state index in [0.29, 0.717) is 24.0 Å². The monoisotopic (exact) mass is 442 g/mol. The minimum Gasteiger partial charge on any atom is -0.321 e. The predicted octanol–water partition coefficient (Wildman–Crippen LogP) is 4.23. The zero-order valence-corrected chi connectivity index (χ0v) is 19.2. The Kier molecular flexibility index (Phi) is 6.05. The summed E-state index contributed by atoms with van der Waals surface area (Å²) < 4.78 is 1.83. The molecular weight excluding hydrogens is 412 g/mol. The van der Waals surface area contributed by atoms with E-state index in [0.717, 1.165) is 34.9 Å². The van der Waals surface area contributed by atoms with Crippen molar-refractivity contribution >= 4 is 10.9 Å². The van der Waals surface area contributed by atoms with Crippen molar-refractivity contribution in [2.75, 3.05) is 7.05 Å². The van der Waals surface area contributed by atoms with Crippen LogP contribution in [0.15, 0.2) is 59.4 Å². The molecular formula is C26H30N6O. The van der Waals surface area contributed by atoms with Crippen molar-refractivity contribution in [3.63, 3.8) is 0 Å². The smallest absolute Gasteiger partial charge is 0.253 e. The fraction of sp³-hybridized carbons (Fsp3) is 0.385. The van der Waals surface area contributed by atoms with Gasteiger partial charge in [-0.1, -0.05) is 67.8 Å². The Morgan fingerprint density at radius 2 is 1.88 bits per heavy atom. The van der Waals surface area contributed by atoms with Gasteiger partial charge in [0.25, 0.3) is 5.56 Å². The molecule has 0 radical (unpaired) electrons. The Morgan fingerprint density at radius 1 is 1.09 bits per heavy atom. The SMILES string of the molecule is Cc1cccc2cc([C@@H](c3nnnn3Cc3ccccc3)N(C)C3CCCCC3)c(=O)[nH]c12. The lowest BCUT2D eigenvalue weighted by Crippen LogP contribution is -2.40. The van der Waals surface area contributed by atoms with Crippen LogP contribution in [-0.2, 0) is 6.54 Å². The molecule has 1 aliphatic carbocycles. The van der Waals surface area contributed by atoms with Crippen molar-refractivity contribution in [3.05, 3.63) is 87.5 Å². The number of nitrogens with zero attached hydrogens (tertiary/aromatic N) is 5. The number of fused-ring (bicyclic) bond motifs is 1. The van der Waals surface area contributed by atoms with Gasteiger partial charge in [0.05, 0.1) is 12.1 Å². The van der Waals surface area contributed by atoms with E-state index in [1.54, 1.807) is 0 Å². The summed E-state index contributed by atoms with van der Waals surface area (Å²) in [4.78, 5) is 18.9. The molecule has 1 aliphatic rings. The molecule has 0 aliphatic heterocycles. The summed E-state index contributed by atoms with van der Waals surface area (Å²) in [7, 11) is 2.11. The third-order valence-electron chi connectivity index (χ3n) is 6.95. The number of aromatic nitrogens is 5. The first-order chi connectivity index (χ1) is 16.1. The van der Waals surface area contributed by atoms with Crippen molar-refractivity contribution in [1.29, 1.82) is 0 Å². The number of para-hydroxylation sites is 1. The number of hydrogen-bond donors (Lipinski definition) is 1. The van der Waals surface area contributed by atoms with E-state index in [4.69, 9.17) is 0 Å². The average molecular weight is 443 g/mol. The summed E-state index contributed by atoms with van der Waals surface area (Å²) in [5.74, 6) is 0.699.